The number of aliphatic carboxylic acids is 1. The van der Waals surface area contributed by atoms with E-state index in [1.54, 1.807) is 0 Å². The van der Waals surface area contributed by atoms with Crippen molar-refractivity contribution in [2.75, 3.05) is 0 Å². The average Bonchev–Trinajstić information content (AvgIpc) is 3.03. The van der Waals surface area contributed by atoms with E-state index in [1.807, 2.05) is 0 Å². The molecule has 4 nitrogen and oxygen atoms in total. The lowest BCUT2D eigenvalue weighted by molar-refractivity contribution is -0.137. The van der Waals surface area contributed by atoms with Crippen LogP contribution in [0.4, 0.5) is 0 Å². The van der Waals surface area contributed by atoms with Crippen LogP contribution in [0.5, 0.6) is 0 Å². The smallest absolute Gasteiger partial charge is 0.303 e. The molecule has 0 saturated heterocycles. The van der Waals surface area contributed by atoms with Gasteiger partial charge in [0, 0.05) is 12.0 Å². The van der Waals surface area contributed by atoms with E-state index < -0.39 is 5.97 Å². The number of carbonyl (C=O) groups is 1. The first kappa shape index (κ1) is 21.1. The van der Waals surface area contributed by atoms with Gasteiger partial charge in [0.1, 0.15) is 5.94 Å². The molecule has 162 valence electrons. The number of carboxylic acids is 1. The molecule has 0 radical (unpaired) electrons. The molecule has 0 aromatic rings. The van der Waals surface area contributed by atoms with Gasteiger partial charge in [0.05, 0.1) is 6.10 Å². The van der Waals surface area contributed by atoms with E-state index in [4.69, 9.17) is 5.11 Å². The van der Waals surface area contributed by atoms with Crippen molar-refractivity contribution < 1.29 is 19.8 Å². The van der Waals surface area contributed by atoms with Crippen molar-refractivity contribution in [3.05, 3.63) is 5.57 Å². The predicted molar refractivity (Wildman–Crippen MR) is 112 cm³/mol. The fourth-order valence-electron chi connectivity index (χ4n) is 8.61. The minimum Gasteiger partial charge on any atom is -0.481 e. The van der Waals surface area contributed by atoms with E-state index in [-0.39, 0.29) is 23.4 Å². The van der Waals surface area contributed by atoms with E-state index in [0.29, 0.717) is 35.5 Å². The molecular weight excluding hydrogens is 364 g/mol. The quantitative estimate of drug-likeness (QED) is 0.658. The van der Waals surface area contributed by atoms with Crippen molar-refractivity contribution in [2.45, 2.75) is 91.1 Å². The summed E-state index contributed by atoms with van der Waals surface area (Å²) >= 11 is 0. The molecule has 0 amide bonds. The zero-order chi connectivity index (χ0) is 21.0. The molecule has 0 bridgehead atoms. The van der Waals surface area contributed by atoms with Crippen molar-refractivity contribution >= 4 is 11.9 Å². The van der Waals surface area contributed by atoms with Gasteiger partial charge in [0.15, 0.2) is 0 Å². The standard InChI is InChI=1S/C25H38O4/c1-15(4-7-22(28)29)19-5-6-20-23-16(14-26)12-17-13-18(27)8-10-24(17,2)21(23)9-11-25(19,20)3/h15,17-21,23,27H,4-13H2,1-3H3,(H,28,29)/t15-,17-,18-,19-,20+,21+,23+,24+,25-/m1/s1. The number of carbonyl (C=O) groups excluding carboxylic acids is 1. The molecule has 4 fully saturated rings. The molecule has 4 aliphatic carbocycles. The second-order valence-corrected chi connectivity index (χ2v) is 11.3. The Bertz CT molecular complexity index is 710. The van der Waals surface area contributed by atoms with Crippen molar-refractivity contribution in [1.29, 1.82) is 0 Å². The maximum absolute atomic E-state index is 12.1. The van der Waals surface area contributed by atoms with Crippen molar-refractivity contribution in [2.24, 2.45) is 46.3 Å². The summed E-state index contributed by atoms with van der Waals surface area (Å²) < 4.78 is 0. The highest BCUT2D eigenvalue weighted by Gasteiger charge is 2.62. The van der Waals surface area contributed by atoms with Gasteiger partial charge in [-0.15, -0.1) is 0 Å². The van der Waals surface area contributed by atoms with Crippen LogP contribution in [0, 0.1) is 46.3 Å². The van der Waals surface area contributed by atoms with Gasteiger partial charge < -0.3 is 10.2 Å². The van der Waals surface area contributed by atoms with E-state index in [0.717, 1.165) is 56.9 Å². The number of fused-ring (bicyclic) bond motifs is 5. The molecule has 4 rings (SSSR count). The lowest BCUT2D eigenvalue weighted by atomic mass is 9.43. The first-order valence-electron chi connectivity index (χ1n) is 11.8. The maximum atomic E-state index is 12.1. The van der Waals surface area contributed by atoms with Crippen LogP contribution in [0.3, 0.4) is 0 Å². The minimum atomic E-state index is -0.697. The van der Waals surface area contributed by atoms with Crippen LogP contribution in [-0.4, -0.2) is 28.2 Å². The van der Waals surface area contributed by atoms with Crippen LogP contribution in [0.1, 0.15) is 85.0 Å². The minimum absolute atomic E-state index is 0.207. The lowest BCUT2D eigenvalue weighted by Crippen LogP contribution is -2.55. The summed E-state index contributed by atoms with van der Waals surface area (Å²) in [6.07, 6.45) is 9.11. The van der Waals surface area contributed by atoms with Crippen LogP contribution >= 0.6 is 0 Å². The molecule has 0 aromatic carbocycles. The van der Waals surface area contributed by atoms with Gasteiger partial charge in [-0.25, -0.2) is 4.79 Å². The van der Waals surface area contributed by atoms with Gasteiger partial charge in [-0.2, -0.15) is 0 Å². The second kappa shape index (κ2) is 7.54. The third-order valence-electron chi connectivity index (χ3n) is 10.2. The zero-order valence-corrected chi connectivity index (χ0v) is 18.3. The molecule has 4 heteroatoms. The summed E-state index contributed by atoms with van der Waals surface area (Å²) in [5.74, 6) is 4.49. The Morgan fingerprint density at radius 2 is 1.83 bits per heavy atom. The predicted octanol–water partition coefficient (Wildman–Crippen LogP) is 4.88. The normalized spacial score (nSPS) is 47.5. The first-order chi connectivity index (χ1) is 13.7. The summed E-state index contributed by atoms with van der Waals surface area (Å²) in [5, 5.41) is 19.4. The molecule has 0 aliphatic heterocycles. The first-order valence-corrected chi connectivity index (χ1v) is 11.8. The molecule has 0 spiro atoms. The number of aliphatic hydroxyl groups is 1. The monoisotopic (exact) mass is 402 g/mol. The highest BCUT2D eigenvalue weighted by molar-refractivity contribution is 5.66. The fourth-order valence-corrected chi connectivity index (χ4v) is 8.61. The van der Waals surface area contributed by atoms with Crippen LogP contribution in [0.2, 0.25) is 0 Å². The summed E-state index contributed by atoms with van der Waals surface area (Å²) in [5.41, 5.74) is 1.44. The zero-order valence-electron chi connectivity index (χ0n) is 18.3. The summed E-state index contributed by atoms with van der Waals surface area (Å²) in [4.78, 5) is 23.2. The van der Waals surface area contributed by atoms with Gasteiger partial charge in [-0.1, -0.05) is 20.8 Å². The Morgan fingerprint density at radius 1 is 1.14 bits per heavy atom. The molecule has 4 aliphatic rings. The highest BCUT2D eigenvalue weighted by atomic mass is 16.4. The van der Waals surface area contributed by atoms with E-state index in [9.17, 15) is 14.7 Å². The fraction of sp³-hybridized carbons (Fsp3) is 0.880. The average molecular weight is 403 g/mol. The summed E-state index contributed by atoms with van der Waals surface area (Å²) in [6.45, 7) is 7.11. The largest absolute Gasteiger partial charge is 0.481 e. The van der Waals surface area contributed by atoms with Crippen LogP contribution in [-0.2, 0) is 9.59 Å². The van der Waals surface area contributed by atoms with Crippen molar-refractivity contribution in [3.63, 3.8) is 0 Å². The molecule has 4 saturated carbocycles. The number of rotatable bonds is 4. The van der Waals surface area contributed by atoms with Gasteiger partial charge in [-0.3, -0.25) is 4.79 Å². The SMILES string of the molecule is C[C@H](CCC(=O)O)[C@H]1CC[C@H]2[C@@H]3C(=C=O)C[C@@H]4C[C@H](O)CC[C@]4(C)[C@H]3CC[C@]12C. The number of allylic oxidation sites excluding steroid dienone is 1. The number of hydrogen-bond donors (Lipinski definition) is 2. The van der Waals surface area contributed by atoms with E-state index in [2.05, 4.69) is 26.7 Å². The van der Waals surface area contributed by atoms with Gasteiger partial charge in [0.25, 0.3) is 0 Å². The molecule has 9 atom stereocenters. The molecule has 0 heterocycles. The molecule has 2 N–H and O–H groups in total. The molecule has 0 unspecified atom stereocenters. The molecular formula is C25H38O4. The van der Waals surface area contributed by atoms with Gasteiger partial charge in [0.2, 0.25) is 0 Å². The lowest BCUT2D eigenvalue weighted by Gasteiger charge is -2.61. The Balaban J connectivity index is 1.61. The van der Waals surface area contributed by atoms with E-state index in [1.165, 1.54) is 6.42 Å². The topological polar surface area (TPSA) is 74.6 Å². The number of aliphatic hydroxyl groups excluding tert-OH is 1. The Labute approximate surface area is 175 Å². The summed E-state index contributed by atoms with van der Waals surface area (Å²) in [6, 6.07) is 0. The third-order valence-corrected chi connectivity index (χ3v) is 10.2. The maximum Gasteiger partial charge on any atom is 0.303 e. The van der Waals surface area contributed by atoms with Crippen molar-refractivity contribution in [3.8, 4) is 0 Å². The molecule has 29 heavy (non-hydrogen) atoms. The number of hydrogen-bond acceptors (Lipinski definition) is 3. The highest BCUT2D eigenvalue weighted by Crippen LogP contribution is 2.69. The van der Waals surface area contributed by atoms with Crippen molar-refractivity contribution in [1.82, 2.24) is 0 Å². The Kier molecular flexibility index (Phi) is 5.49. The Morgan fingerprint density at radius 3 is 2.52 bits per heavy atom. The summed E-state index contributed by atoms with van der Waals surface area (Å²) in [7, 11) is 0. The van der Waals surface area contributed by atoms with Crippen LogP contribution < -0.4 is 0 Å². The third kappa shape index (κ3) is 3.31. The van der Waals surface area contributed by atoms with Crippen LogP contribution in [0.25, 0.3) is 0 Å². The van der Waals surface area contributed by atoms with Crippen LogP contribution in [0.15, 0.2) is 5.57 Å². The molecule has 0 aromatic heterocycles. The Hall–Kier alpha value is -1.12. The second-order valence-electron chi connectivity index (χ2n) is 11.3. The van der Waals surface area contributed by atoms with Gasteiger partial charge in [-0.05, 0) is 104 Å². The number of carboxylic acid groups (broad SMARTS) is 1. The van der Waals surface area contributed by atoms with Gasteiger partial charge >= 0.3 is 5.97 Å². The van der Waals surface area contributed by atoms with E-state index >= 15 is 0 Å².